The zero-order valence-corrected chi connectivity index (χ0v) is 10.1. The highest BCUT2D eigenvalue weighted by Gasteiger charge is 2.37. The van der Waals surface area contributed by atoms with Crippen molar-refractivity contribution in [2.45, 2.75) is 44.0 Å². The molecule has 2 rings (SSSR count). The molecule has 5 heteroatoms. The predicted molar refractivity (Wildman–Crippen MR) is 58.1 cm³/mol. The number of hydrogen-bond acceptors (Lipinski definition) is 5. The Balaban J connectivity index is 1.84. The van der Waals surface area contributed by atoms with Gasteiger partial charge >= 0.3 is 0 Å². The van der Waals surface area contributed by atoms with E-state index >= 15 is 0 Å². The van der Waals surface area contributed by atoms with E-state index < -0.39 is 6.10 Å². The summed E-state index contributed by atoms with van der Waals surface area (Å²) >= 11 is 0. The van der Waals surface area contributed by atoms with Gasteiger partial charge in [0.2, 0.25) is 0 Å². The van der Waals surface area contributed by atoms with Crippen LogP contribution in [0.1, 0.15) is 13.3 Å². The number of likely N-dealkylation sites (N-methyl/N-ethyl adjacent to an activating group) is 1. The van der Waals surface area contributed by atoms with Gasteiger partial charge in [0.1, 0.15) is 6.10 Å². The van der Waals surface area contributed by atoms with Gasteiger partial charge in [-0.05, 0) is 21.0 Å². The molecule has 0 spiro atoms. The minimum absolute atomic E-state index is 0.0915. The highest BCUT2D eigenvalue weighted by molar-refractivity contribution is 4.86. The van der Waals surface area contributed by atoms with Gasteiger partial charge in [-0.3, -0.25) is 0 Å². The van der Waals surface area contributed by atoms with Crippen LogP contribution in [0.4, 0.5) is 0 Å². The summed E-state index contributed by atoms with van der Waals surface area (Å²) in [4.78, 5) is 2.02. The van der Waals surface area contributed by atoms with Crippen molar-refractivity contribution < 1.29 is 19.3 Å². The van der Waals surface area contributed by atoms with Crippen LogP contribution < -0.4 is 0 Å². The Morgan fingerprint density at radius 1 is 1.44 bits per heavy atom. The van der Waals surface area contributed by atoms with Crippen molar-refractivity contribution in [2.24, 2.45) is 0 Å². The number of nitrogens with zero attached hydrogens (tertiary/aromatic N) is 1. The summed E-state index contributed by atoms with van der Waals surface area (Å²) in [6.45, 7) is 3.26. The second-order valence-electron chi connectivity index (χ2n) is 4.82. The van der Waals surface area contributed by atoms with E-state index in [0.717, 1.165) is 6.61 Å². The van der Waals surface area contributed by atoms with Crippen molar-refractivity contribution in [3.63, 3.8) is 0 Å². The third kappa shape index (κ3) is 2.93. The van der Waals surface area contributed by atoms with Gasteiger partial charge in [-0.25, -0.2) is 0 Å². The zero-order valence-electron chi connectivity index (χ0n) is 10.1. The Kier molecular flexibility index (Phi) is 3.81. The van der Waals surface area contributed by atoms with Crippen molar-refractivity contribution in [3.05, 3.63) is 0 Å². The quantitative estimate of drug-likeness (QED) is 0.681. The van der Waals surface area contributed by atoms with Crippen LogP contribution in [0, 0.1) is 0 Å². The molecule has 2 heterocycles. The maximum atomic E-state index is 9.97. The van der Waals surface area contributed by atoms with Gasteiger partial charge in [0.25, 0.3) is 0 Å². The molecule has 94 valence electrons. The van der Waals surface area contributed by atoms with Gasteiger partial charge in [0.05, 0.1) is 25.4 Å². The zero-order chi connectivity index (χ0) is 11.7. The molecule has 0 aromatic heterocycles. The number of epoxide rings is 1. The van der Waals surface area contributed by atoms with E-state index in [2.05, 4.69) is 0 Å². The minimum atomic E-state index is -0.452. The third-order valence-electron chi connectivity index (χ3n) is 3.21. The Morgan fingerprint density at radius 2 is 2.12 bits per heavy atom. The molecule has 2 aliphatic heterocycles. The van der Waals surface area contributed by atoms with E-state index in [0.29, 0.717) is 13.0 Å². The molecule has 0 amide bonds. The van der Waals surface area contributed by atoms with Crippen LogP contribution in [0.2, 0.25) is 0 Å². The highest BCUT2D eigenvalue weighted by Crippen LogP contribution is 2.24. The Morgan fingerprint density at radius 3 is 2.69 bits per heavy atom. The first-order valence-corrected chi connectivity index (χ1v) is 5.81. The molecule has 2 saturated heterocycles. The molecule has 2 fully saturated rings. The van der Waals surface area contributed by atoms with Crippen LogP contribution in [0.5, 0.6) is 0 Å². The van der Waals surface area contributed by atoms with Crippen LogP contribution in [-0.4, -0.2) is 68.0 Å². The molecule has 2 aliphatic rings. The van der Waals surface area contributed by atoms with Crippen molar-refractivity contribution in [1.29, 1.82) is 0 Å². The average molecular weight is 231 g/mol. The van der Waals surface area contributed by atoms with Crippen molar-refractivity contribution in [1.82, 2.24) is 4.90 Å². The lowest BCUT2D eigenvalue weighted by atomic mass is 9.99. The average Bonchev–Trinajstić information content (AvgIpc) is 3.02. The molecule has 0 radical (unpaired) electrons. The molecule has 0 unspecified atom stereocenters. The van der Waals surface area contributed by atoms with Crippen molar-refractivity contribution >= 4 is 0 Å². The van der Waals surface area contributed by atoms with Gasteiger partial charge in [-0.1, -0.05) is 0 Å². The monoisotopic (exact) mass is 231 g/mol. The van der Waals surface area contributed by atoms with Gasteiger partial charge < -0.3 is 24.2 Å². The normalized spacial score (nSPS) is 43.7. The van der Waals surface area contributed by atoms with Gasteiger partial charge in [0.15, 0.2) is 6.29 Å². The fraction of sp³-hybridized carbons (Fsp3) is 1.00. The molecular formula is C11H21NO4. The second kappa shape index (κ2) is 4.98. The Labute approximate surface area is 96.3 Å². The summed E-state index contributed by atoms with van der Waals surface area (Å²) in [6, 6.07) is 0.0915. The first-order valence-electron chi connectivity index (χ1n) is 5.81. The number of rotatable bonds is 4. The fourth-order valence-corrected chi connectivity index (χ4v) is 2.03. The number of aliphatic hydroxyl groups excluding tert-OH is 1. The summed E-state index contributed by atoms with van der Waals surface area (Å²) in [6.07, 6.45) is 0.0856. The first-order chi connectivity index (χ1) is 7.58. The van der Waals surface area contributed by atoms with E-state index in [4.69, 9.17) is 14.2 Å². The van der Waals surface area contributed by atoms with Crippen molar-refractivity contribution in [3.8, 4) is 0 Å². The number of hydrogen-bond donors (Lipinski definition) is 1. The predicted octanol–water partition coefficient (Wildman–Crippen LogP) is -0.172. The minimum Gasteiger partial charge on any atom is -0.389 e. The molecule has 16 heavy (non-hydrogen) atoms. The molecule has 0 aliphatic carbocycles. The van der Waals surface area contributed by atoms with E-state index in [1.54, 1.807) is 0 Å². The molecular weight excluding hydrogens is 210 g/mol. The van der Waals surface area contributed by atoms with Crippen LogP contribution in [0.25, 0.3) is 0 Å². The summed E-state index contributed by atoms with van der Waals surface area (Å²) in [5.74, 6) is 0. The topological polar surface area (TPSA) is 54.5 Å². The molecule has 0 saturated carbocycles. The van der Waals surface area contributed by atoms with E-state index in [1.807, 2.05) is 25.9 Å². The smallest absolute Gasteiger partial charge is 0.159 e. The van der Waals surface area contributed by atoms with Gasteiger partial charge in [-0.2, -0.15) is 0 Å². The van der Waals surface area contributed by atoms with E-state index in [1.165, 1.54) is 0 Å². The fourth-order valence-electron chi connectivity index (χ4n) is 2.03. The SMILES string of the molecule is C[C@H]1O[C@H](OC[C@@H]2CO2)C[C@@H](N(C)C)[C@@H]1O. The molecule has 1 N–H and O–H groups in total. The first kappa shape index (κ1) is 12.3. The summed E-state index contributed by atoms with van der Waals surface area (Å²) in [7, 11) is 3.93. The maximum Gasteiger partial charge on any atom is 0.159 e. The largest absolute Gasteiger partial charge is 0.389 e. The van der Waals surface area contributed by atoms with Crippen LogP contribution in [-0.2, 0) is 14.2 Å². The highest BCUT2D eigenvalue weighted by atomic mass is 16.7. The van der Waals surface area contributed by atoms with Gasteiger partial charge in [0, 0.05) is 12.5 Å². The van der Waals surface area contributed by atoms with E-state index in [-0.39, 0.29) is 24.5 Å². The van der Waals surface area contributed by atoms with Crippen LogP contribution >= 0.6 is 0 Å². The summed E-state index contributed by atoms with van der Waals surface area (Å²) in [5.41, 5.74) is 0. The lowest BCUT2D eigenvalue weighted by Gasteiger charge is -2.40. The lowest BCUT2D eigenvalue weighted by Crippen LogP contribution is -2.53. The van der Waals surface area contributed by atoms with Crippen LogP contribution in [0.3, 0.4) is 0 Å². The molecule has 5 nitrogen and oxygen atoms in total. The Bertz CT molecular complexity index is 232. The lowest BCUT2D eigenvalue weighted by molar-refractivity contribution is -0.235. The third-order valence-corrected chi connectivity index (χ3v) is 3.21. The summed E-state index contributed by atoms with van der Waals surface area (Å²) < 4.78 is 16.3. The molecule has 5 atom stereocenters. The van der Waals surface area contributed by atoms with Crippen LogP contribution in [0.15, 0.2) is 0 Å². The number of ether oxygens (including phenoxy) is 3. The molecule has 0 aromatic carbocycles. The van der Waals surface area contributed by atoms with Gasteiger partial charge in [-0.15, -0.1) is 0 Å². The maximum absolute atomic E-state index is 9.97. The van der Waals surface area contributed by atoms with Crippen molar-refractivity contribution in [2.75, 3.05) is 27.3 Å². The molecule has 0 aromatic rings. The van der Waals surface area contributed by atoms with E-state index in [9.17, 15) is 5.11 Å². The molecule has 0 bridgehead atoms. The number of aliphatic hydroxyl groups is 1. The second-order valence-corrected chi connectivity index (χ2v) is 4.82. The summed E-state index contributed by atoms with van der Waals surface area (Å²) in [5, 5.41) is 9.97. The Hall–Kier alpha value is -0.200. The standard InChI is InChI=1S/C11H21NO4/c1-7-11(13)9(12(2)3)4-10(16-7)15-6-8-5-14-8/h7-11,13H,4-6H2,1-3H3/t7-,8+,9-,10+,11-/m1/s1.